The summed E-state index contributed by atoms with van der Waals surface area (Å²) in [4.78, 5) is 4.35. The Morgan fingerprint density at radius 1 is 1.29 bits per heavy atom. The lowest BCUT2D eigenvalue weighted by atomic mass is 10.2. The number of nitrogens with one attached hydrogen (secondary N) is 1. The van der Waals surface area contributed by atoms with Crippen LogP contribution in [0.1, 0.15) is 18.3 Å². The summed E-state index contributed by atoms with van der Waals surface area (Å²) in [5, 5.41) is 14.6. The second-order valence-electron chi connectivity index (χ2n) is 4.74. The number of hydrogen-bond donors (Lipinski definition) is 1. The Hall–Kier alpha value is -2.70. The van der Waals surface area contributed by atoms with Gasteiger partial charge < -0.3 is 9.88 Å². The lowest BCUT2D eigenvalue weighted by Gasteiger charge is -2.10. The number of aryl methyl sites for hydroxylation is 2. The molecule has 0 atom stereocenters. The van der Waals surface area contributed by atoms with Crippen LogP contribution in [0.4, 0.5) is 5.69 Å². The molecule has 1 N–H and O–H groups in total. The Morgan fingerprint density at radius 2 is 2.19 bits per heavy atom. The number of nitrogens with zero attached hydrogens (tertiary/aromatic N) is 6. The first-order valence-electron chi connectivity index (χ1n) is 6.86. The third kappa shape index (κ3) is 2.76. The number of hydrogen-bond acceptors (Lipinski definition) is 5. The molecular formula is C14H17N7. The van der Waals surface area contributed by atoms with Crippen molar-refractivity contribution in [3.05, 3.63) is 48.3 Å². The molecule has 0 aliphatic heterocycles. The number of aromatic nitrogens is 6. The van der Waals surface area contributed by atoms with Crippen LogP contribution in [0, 0.1) is 6.92 Å². The van der Waals surface area contributed by atoms with Crippen molar-refractivity contribution in [2.45, 2.75) is 26.9 Å². The highest BCUT2D eigenvalue weighted by atomic mass is 15.5. The minimum atomic E-state index is 0.699. The van der Waals surface area contributed by atoms with E-state index < -0.39 is 0 Å². The van der Waals surface area contributed by atoms with E-state index in [1.165, 1.54) is 0 Å². The summed E-state index contributed by atoms with van der Waals surface area (Å²) >= 11 is 0. The standard InChI is InChI=1S/C14H17N7/c1-3-20-7-6-15-14(20)9-16-12-4-5-13(11(2)8-12)21-10-17-18-19-21/h4-8,10,16H,3,9H2,1-2H3. The van der Waals surface area contributed by atoms with Crippen molar-refractivity contribution < 1.29 is 0 Å². The maximum Gasteiger partial charge on any atom is 0.143 e. The van der Waals surface area contributed by atoms with Crippen molar-refractivity contribution in [1.82, 2.24) is 29.8 Å². The second kappa shape index (κ2) is 5.74. The van der Waals surface area contributed by atoms with Crippen molar-refractivity contribution in [1.29, 1.82) is 0 Å². The number of benzene rings is 1. The smallest absolute Gasteiger partial charge is 0.143 e. The van der Waals surface area contributed by atoms with Gasteiger partial charge in [-0.1, -0.05) is 0 Å². The van der Waals surface area contributed by atoms with E-state index in [0.717, 1.165) is 29.3 Å². The van der Waals surface area contributed by atoms with Gasteiger partial charge in [0.1, 0.15) is 12.2 Å². The molecule has 2 aromatic heterocycles. The Bertz CT molecular complexity index is 715. The Kier molecular flexibility index (Phi) is 3.63. The zero-order valence-corrected chi connectivity index (χ0v) is 12.1. The van der Waals surface area contributed by atoms with Gasteiger partial charge in [0.05, 0.1) is 12.2 Å². The predicted octanol–water partition coefficient (Wildman–Crippen LogP) is 1.80. The maximum atomic E-state index is 4.35. The molecule has 108 valence electrons. The fourth-order valence-corrected chi connectivity index (χ4v) is 2.27. The monoisotopic (exact) mass is 283 g/mol. The van der Waals surface area contributed by atoms with E-state index in [4.69, 9.17) is 0 Å². The van der Waals surface area contributed by atoms with Crippen molar-refractivity contribution in [2.75, 3.05) is 5.32 Å². The third-order valence-electron chi connectivity index (χ3n) is 3.39. The van der Waals surface area contributed by atoms with Crippen molar-refractivity contribution in [3.63, 3.8) is 0 Å². The first-order valence-corrected chi connectivity index (χ1v) is 6.86. The molecule has 0 saturated heterocycles. The molecule has 0 unspecified atom stereocenters. The zero-order valence-electron chi connectivity index (χ0n) is 12.1. The highest BCUT2D eigenvalue weighted by molar-refractivity contribution is 5.53. The lowest BCUT2D eigenvalue weighted by molar-refractivity contribution is 0.708. The largest absolute Gasteiger partial charge is 0.378 e. The van der Waals surface area contributed by atoms with E-state index in [1.807, 2.05) is 31.5 Å². The second-order valence-corrected chi connectivity index (χ2v) is 4.74. The molecule has 0 spiro atoms. The molecule has 21 heavy (non-hydrogen) atoms. The summed E-state index contributed by atoms with van der Waals surface area (Å²) in [5.74, 6) is 1.03. The summed E-state index contributed by atoms with van der Waals surface area (Å²) in [6.45, 7) is 5.77. The summed E-state index contributed by atoms with van der Waals surface area (Å²) in [6, 6.07) is 6.10. The van der Waals surface area contributed by atoms with Gasteiger partial charge in [0.25, 0.3) is 0 Å². The summed E-state index contributed by atoms with van der Waals surface area (Å²) < 4.78 is 3.78. The summed E-state index contributed by atoms with van der Waals surface area (Å²) in [6.07, 6.45) is 5.41. The van der Waals surface area contributed by atoms with Gasteiger partial charge in [-0.05, 0) is 48.0 Å². The molecule has 3 rings (SSSR count). The van der Waals surface area contributed by atoms with Crippen LogP contribution in [0.2, 0.25) is 0 Å². The summed E-state index contributed by atoms with van der Waals surface area (Å²) in [5.41, 5.74) is 3.13. The van der Waals surface area contributed by atoms with E-state index in [0.29, 0.717) is 6.54 Å². The maximum absolute atomic E-state index is 4.35. The molecule has 0 amide bonds. The van der Waals surface area contributed by atoms with E-state index >= 15 is 0 Å². The highest BCUT2D eigenvalue weighted by Crippen LogP contribution is 2.18. The molecule has 0 aliphatic carbocycles. The molecular weight excluding hydrogens is 266 g/mol. The topological polar surface area (TPSA) is 73.5 Å². The van der Waals surface area contributed by atoms with Crippen LogP contribution < -0.4 is 5.32 Å². The fraction of sp³-hybridized carbons (Fsp3) is 0.286. The number of imidazole rings is 1. The average Bonchev–Trinajstić information content (AvgIpc) is 3.16. The molecule has 7 nitrogen and oxygen atoms in total. The quantitative estimate of drug-likeness (QED) is 0.773. The van der Waals surface area contributed by atoms with Gasteiger partial charge in [-0.15, -0.1) is 5.10 Å². The van der Waals surface area contributed by atoms with Crippen molar-refractivity contribution in [3.8, 4) is 5.69 Å². The minimum Gasteiger partial charge on any atom is -0.378 e. The van der Waals surface area contributed by atoms with Crippen LogP contribution >= 0.6 is 0 Å². The van der Waals surface area contributed by atoms with Crippen molar-refractivity contribution in [2.24, 2.45) is 0 Å². The zero-order chi connectivity index (χ0) is 14.7. The molecule has 0 radical (unpaired) electrons. The van der Waals surface area contributed by atoms with E-state index in [2.05, 4.69) is 43.4 Å². The lowest BCUT2D eigenvalue weighted by Crippen LogP contribution is -2.08. The molecule has 0 fully saturated rings. The Balaban J connectivity index is 1.74. The normalized spacial score (nSPS) is 10.8. The molecule has 1 aromatic carbocycles. The number of rotatable bonds is 5. The van der Waals surface area contributed by atoms with Crippen LogP contribution in [0.3, 0.4) is 0 Å². The highest BCUT2D eigenvalue weighted by Gasteiger charge is 2.05. The van der Waals surface area contributed by atoms with Gasteiger partial charge >= 0.3 is 0 Å². The van der Waals surface area contributed by atoms with Crippen molar-refractivity contribution >= 4 is 5.69 Å². The van der Waals surface area contributed by atoms with Crippen LogP contribution in [0.15, 0.2) is 36.9 Å². The first kappa shape index (κ1) is 13.3. The van der Waals surface area contributed by atoms with Gasteiger partial charge in [-0.2, -0.15) is 0 Å². The van der Waals surface area contributed by atoms with Crippen LogP contribution in [0.25, 0.3) is 5.69 Å². The number of anilines is 1. The SMILES string of the molecule is CCn1ccnc1CNc1ccc(-n2cnnn2)c(C)c1. The van der Waals surface area contributed by atoms with E-state index in [-0.39, 0.29) is 0 Å². The Labute approximate surface area is 122 Å². The third-order valence-corrected chi connectivity index (χ3v) is 3.39. The summed E-state index contributed by atoms with van der Waals surface area (Å²) in [7, 11) is 0. The van der Waals surface area contributed by atoms with Crippen LogP contribution in [-0.2, 0) is 13.1 Å². The van der Waals surface area contributed by atoms with Crippen LogP contribution in [0.5, 0.6) is 0 Å². The van der Waals surface area contributed by atoms with E-state index in [9.17, 15) is 0 Å². The van der Waals surface area contributed by atoms with Crippen LogP contribution in [-0.4, -0.2) is 29.8 Å². The molecule has 0 bridgehead atoms. The first-order chi connectivity index (χ1) is 10.3. The van der Waals surface area contributed by atoms with E-state index in [1.54, 1.807) is 11.0 Å². The molecule has 2 heterocycles. The van der Waals surface area contributed by atoms with Gasteiger partial charge in [0.2, 0.25) is 0 Å². The molecule has 3 aromatic rings. The van der Waals surface area contributed by atoms with Gasteiger partial charge in [-0.25, -0.2) is 9.67 Å². The molecule has 7 heteroatoms. The molecule has 0 aliphatic rings. The van der Waals surface area contributed by atoms with Gasteiger partial charge in [0.15, 0.2) is 0 Å². The minimum absolute atomic E-state index is 0.699. The predicted molar refractivity (Wildman–Crippen MR) is 79.1 cm³/mol. The van der Waals surface area contributed by atoms with Gasteiger partial charge in [0, 0.05) is 24.6 Å². The average molecular weight is 283 g/mol. The number of tetrazole rings is 1. The Morgan fingerprint density at radius 3 is 2.90 bits per heavy atom. The van der Waals surface area contributed by atoms with Gasteiger partial charge in [-0.3, -0.25) is 0 Å². The molecule has 0 saturated carbocycles. The fourth-order valence-electron chi connectivity index (χ4n) is 2.27.